The molecule has 0 fully saturated rings. The molecular formula is C21H26N2OS2. The predicted octanol–water partition coefficient (Wildman–Crippen LogP) is 4.76. The van der Waals surface area contributed by atoms with E-state index >= 15 is 0 Å². The van der Waals surface area contributed by atoms with Gasteiger partial charge in [0, 0.05) is 22.8 Å². The average Bonchev–Trinajstić information content (AvgIpc) is 3.34. The Balaban J connectivity index is 1.37. The molecule has 0 aromatic carbocycles. The summed E-state index contributed by atoms with van der Waals surface area (Å²) in [7, 11) is 0. The summed E-state index contributed by atoms with van der Waals surface area (Å²) in [6.45, 7) is 2.21. The third-order valence-electron chi connectivity index (χ3n) is 5.38. The van der Waals surface area contributed by atoms with Gasteiger partial charge in [0.2, 0.25) is 5.91 Å². The van der Waals surface area contributed by atoms with Crippen LogP contribution in [0.3, 0.4) is 0 Å². The number of carbonyl (C=O) groups is 1. The summed E-state index contributed by atoms with van der Waals surface area (Å²) in [6, 6.07) is 6.78. The van der Waals surface area contributed by atoms with Gasteiger partial charge < -0.3 is 5.32 Å². The van der Waals surface area contributed by atoms with E-state index in [0.29, 0.717) is 6.54 Å². The lowest BCUT2D eigenvalue weighted by Gasteiger charge is -2.34. The minimum atomic E-state index is 0.154. The van der Waals surface area contributed by atoms with Crippen molar-refractivity contribution in [3.05, 3.63) is 55.9 Å². The van der Waals surface area contributed by atoms with Crippen molar-refractivity contribution in [3.8, 4) is 0 Å². The van der Waals surface area contributed by atoms with Crippen LogP contribution in [0.2, 0.25) is 0 Å². The maximum absolute atomic E-state index is 12.6. The predicted molar refractivity (Wildman–Crippen MR) is 110 cm³/mol. The highest BCUT2D eigenvalue weighted by Gasteiger charge is 2.31. The van der Waals surface area contributed by atoms with E-state index in [1.54, 1.807) is 11.3 Å². The van der Waals surface area contributed by atoms with Crippen LogP contribution in [0.1, 0.15) is 53.5 Å². The molecule has 0 saturated heterocycles. The smallest absolute Gasteiger partial charge is 0.234 e. The van der Waals surface area contributed by atoms with Gasteiger partial charge >= 0.3 is 0 Å². The molecule has 0 radical (unpaired) electrons. The zero-order chi connectivity index (χ0) is 17.8. The number of fused-ring (bicyclic) bond motifs is 1. The summed E-state index contributed by atoms with van der Waals surface area (Å²) in [4.78, 5) is 17.7. The Kier molecular flexibility index (Phi) is 5.88. The number of carbonyl (C=O) groups excluding carboxylic acids is 1. The molecule has 3 heterocycles. The summed E-state index contributed by atoms with van der Waals surface area (Å²) in [5.74, 6) is 0.154. The van der Waals surface area contributed by atoms with Crippen LogP contribution in [0.4, 0.5) is 0 Å². The minimum Gasteiger partial charge on any atom is -0.355 e. The van der Waals surface area contributed by atoms with Gasteiger partial charge in [-0.2, -0.15) is 0 Å². The maximum Gasteiger partial charge on any atom is 0.234 e. The molecule has 1 aliphatic carbocycles. The fourth-order valence-electron chi connectivity index (χ4n) is 4.05. The van der Waals surface area contributed by atoms with E-state index < -0.39 is 0 Å². The summed E-state index contributed by atoms with van der Waals surface area (Å²) in [5.41, 5.74) is 2.91. The Morgan fingerprint density at radius 3 is 2.96 bits per heavy atom. The Morgan fingerprint density at radius 2 is 2.15 bits per heavy atom. The van der Waals surface area contributed by atoms with Gasteiger partial charge in [-0.25, -0.2) is 0 Å². The third-order valence-corrected chi connectivity index (χ3v) is 7.30. The van der Waals surface area contributed by atoms with Gasteiger partial charge in [-0.15, -0.1) is 22.7 Å². The normalized spacial score (nSPS) is 20.5. The molecule has 3 nitrogen and oxygen atoms in total. The number of amides is 1. The van der Waals surface area contributed by atoms with E-state index in [-0.39, 0.29) is 11.9 Å². The summed E-state index contributed by atoms with van der Waals surface area (Å²) < 4.78 is 0. The molecule has 1 N–H and O–H groups in total. The number of hydrogen-bond donors (Lipinski definition) is 1. The summed E-state index contributed by atoms with van der Waals surface area (Å²) in [6.07, 6.45) is 9.47. The van der Waals surface area contributed by atoms with Crippen molar-refractivity contribution < 1.29 is 4.79 Å². The third kappa shape index (κ3) is 4.11. The van der Waals surface area contributed by atoms with Crippen molar-refractivity contribution in [3.63, 3.8) is 0 Å². The molecule has 1 unspecified atom stereocenters. The molecule has 138 valence electrons. The van der Waals surface area contributed by atoms with Crippen molar-refractivity contribution in [2.24, 2.45) is 0 Å². The largest absolute Gasteiger partial charge is 0.355 e. The van der Waals surface area contributed by atoms with Gasteiger partial charge in [-0.3, -0.25) is 9.69 Å². The van der Waals surface area contributed by atoms with E-state index in [2.05, 4.69) is 45.3 Å². The van der Waals surface area contributed by atoms with Crippen LogP contribution >= 0.6 is 22.7 Å². The molecule has 0 spiro atoms. The number of thiophene rings is 2. The molecule has 2 aromatic rings. The Labute approximate surface area is 163 Å². The zero-order valence-electron chi connectivity index (χ0n) is 15.1. The number of nitrogens with zero attached hydrogens (tertiary/aromatic N) is 1. The molecule has 1 atom stereocenters. The lowest BCUT2D eigenvalue weighted by molar-refractivity contribution is -0.122. The van der Waals surface area contributed by atoms with Gasteiger partial charge in [0.25, 0.3) is 0 Å². The van der Waals surface area contributed by atoms with Crippen LogP contribution in [-0.2, 0) is 11.2 Å². The van der Waals surface area contributed by atoms with Crippen LogP contribution in [-0.4, -0.2) is 30.4 Å². The van der Waals surface area contributed by atoms with E-state index in [9.17, 15) is 4.79 Å². The molecule has 0 saturated carbocycles. The van der Waals surface area contributed by atoms with Gasteiger partial charge in [-0.1, -0.05) is 17.7 Å². The number of hydrogen-bond acceptors (Lipinski definition) is 4. The first kappa shape index (κ1) is 18.0. The highest BCUT2D eigenvalue weighted by atomic mass is 32.1. The van der Waals surface area contributed by atoms with Crippen molar-refractivity contribution in [2.45, 2.75) is 44.6 Å². The highest BCUT2D eigenvalue weighted by Crippen LogP contribution is 2.39. The minimum absolute atomic E-state index is 0.154. The molecule has 1 aliphatic heterocycles. The Morgan fingerprint density at radius 1 is 1.19 bits per heavy atom. The first-order chi connectivity index (χ1) is 12.8. The van der Waals surface area contributed by atoms with E-state index in [4.69, 9.17) is 0 Å². The molecule has 0 bridgehead atoms. The zero-order valence-corrected chi connectivity index (χ0v) is 16.7. The number of allylic oxidation sites excluding steroid dienone is 1. The Bertz CT molecular complexity index is 763. The molecule has 2 aromatic heterocycles. The van der Waals surface area contributed by atoms with E-state index in [0.717, 1.165) is 25.9 Å². The van der Waals surface area contributed by atoms with Crippen molar-refractivity contribution in [2.75, 3.05) is 19.6 Å². The molecule has 4 rings (SSSR count). The lowest BCUT2D eigenvalue weighted by atomic mass is 9.97. The van der Waals surface area contributed by atoms with E-state index in [1.807, 2.05) is 11.3 Å². The second-order valence-electron chi connectivity index (χ2n) is 7.15. The van der Waals surface area contributed by atoms with Crippen LogP contribution in [0.5, 0.6) is 0 Å². The fourth-order valence-corrected chi connectivity index (χ4v) is 5.83. The van der Waals surface area contributed by atoms with Crippen LogP contribution < -0.4 is 5.32 Å². The second kappa shape index (κ2) is 8.51. The van der Waals surface area contributed by atoms with E-state index in [1.165, 1.54) is 46.6 Å². The monoisotopic (exact) mass is 386 g/mol. The fraction of sp³-hybridized carbons (Fsp3) is 0.476. The Hall–Kier alpha value is -1.43. The molecule has 1 amide bonds. The lowest BCUT2D eigenvalue weighted by Crippen LogP contribution is -2.42. The summed E-state index contributed by atoms with van der Waals surface area (Å²) >= 11 is 3.64. The number of nitrogens with one attached hydrogen (secondary N) is 1. The van der Waals surface area contributed by atoms with Gasteiger partial charge in [-0.05, 0) is 67.0 Å². The van der Waals surface area contributed by atoms with Crippen molar-refractivity contribution in [1.29, 1.82) is 0 Å². The first-order valence-electron chi connectivity index (χ1n) is 9.59. The maximum atomic E-state index is 12.6. The van der Waals surface area contributed by atoms with Gasteiger partial charge in [0.05, 0.1) is 12.6 Å². The molecular weight excluding hydrogens is 360 g/mol. The van der Waals surface area contributed by atoms with Gasteiger partial charge in [0.15, 0.2) is 0 Å². The first-order valence-corrected chi connectivity index (χ1v) is 11.4. The highest BCUT2D eigenvalue weighted by molar-refractivity contribution is 7.10. The second-order valence-corrected chi connectivity index (χ2v) is 9.13. The average molecular weight is 387 g/mol. The van der Waals surface area contributed by atoms with Gasteiger partial charge in [0.1, 0.15) is 0 Å². The topological polar surface area (TPSA) is 32.3 Å². The van der Waals surface area contributed by atoms with Crippen molar-refractivity contribution in [1.82, 2.24) is 10.2 Å². The number of rotatable bonds is 6. The molecule has 26 heavy (non-hydrogen) atoms. The summed E-state index contributed by atoms with van der Waals surface area (Å²) in [5, 5.41) is 7.46. The SMILES string of the molecule is O=C(CN1CCc2sccc2C1c1cccs1)NCCC1=CCCCC1. The van der Waals surface area contributed by atoms with Crippen LogP contribution in [0, 0.1) is 0 Å². The van der Waals surface area contributed by atoms with Crippen LogP contribution in [0.15, 0.2) is 40.6 Å². The standard InChI is InChI=1S/C21H26N2OS2/c24-20(22-11-8-16-5-2-1-3-6-16)15-23-12-9-18-17(10-14-26-18)21(23)19-7-4-13-25-19/h4-5,7,10,13-14,21H,1-3,6,8-9,11-12,15H2,(H,22,24). The van der Waals surface area contributed by atoms with Crippen LogP contribution in [0.25, 0.3) is 0 Å². The quantitative estimate of drug-likeness (QED) is 0.726. The van der Waals surface area contributed by atoms with Crippen molar-refractivity contribution >= 4 is 28.6 Å². The molecule has 5 heteroatoms. The molecule has 2 aliphatic rings.